The van der Waals surface area contributed by atoms with E-state index in [9.17, 15) is 0 Å². The van der Waals surface area contributed by atoms with Gasteiger partial charge in [0, 0.05) is 18.8 Å². The van der Waals surface area contributed by atoms with Crippen molar-refractivity contribution >= 4 is 11.3 Å². The maximum atomic E-state index is 3.84. The number of benzene rings is 2. The van der Waals surface area contributed by atoms with E-state index in [1.54, 1.807) is 0 Å². The minimum Gasteiger partial charge on any atom is -0.372 e. The Balaban J connectivity index is 2.35. The Bertz CT molecular complexity index is 589. The Morgan fingerprint density at radius 3 is 2.00 bits per heavy atom. The molecule has 0 saturated heterocycles. The molecule has 0 radical (unpaired) electrons. The van der Waals surface area contributed by atoms with Gasteiger partial charge in [-0.05, 0) is 42.7 Å². The van der Waals surface area contributed by atoms with Gasteiger partial charge >= 0.3 is 0 Å². The van der Waals surface area contributed by atoms with E-state index in [0.29, 0.717) is 0 Å². The quantitative estimate of drug-likeness (QED) is 0.660. The number of rotatable bonds is 6. The maximum absolute atomic E-state index is 3.84. The first-order chi connectivity index (χ1) is 10.3. The number of hydrogen-bond acceptors (Lipinski definition) is 1. The first-order valence-corrected chi connectivity index (χ1v) is 7.53. The van der Waals surface area contributed by atoms with Crippen LogP contribution in [0.5, 0.6) is 0 Å². The van der Waals surface area contributed by atoms with Crippen molar-refractivity contribution in [3.8, 4) is 0 Å². The van der Waals surface area contributed by atoms with Crippen LogP contribution in [0.3, 0.4) is 0 Å². The van der Waals surface area contributed by atoms with Crippen molar-refractivity contribution < 1.29 is 0 Å². The van der Waals surface area contributed by atoms with Gasteiger partial charge in [0.25, 0.3) is 0 Å². The van der Waals surface area contributed by atoms with Crippen molar-refractivity contribution in [1.29, 1.82) is 0 Å². The van der Waals surface area contributed by atoms with Crippen LogP contribution in [-0.2, 0) is 0 Å². The molecule has 0 heterocycles. The Morgan fingerprint density at radius 1 is 0.905 bits per heavy atom. The molecule has 0 spiro atoms. The smallest absolute Gasteiger partial charge is 0.0366 e. The van der Waals surface area contributed by atoms with Crippen LogP contribution in [0.2, 0.25) is 0 Å². The predicted octanol–water partition coefficient (Wildman–Crippen LogP) is 5.15. The van der Waals surface area contributed by atoms with E-state index in [2.05, 4.69) is 79.9 Å². The van der Waals surface area contributed by atoms with Crippen molar-refractivity contribution in [3.05, 3.63) is 84.5 Å². The highest BCUT2D eigenvalue weighted by Gasteiger charge is 2.06. The zero-order valence-electron chi connectivity index (χ0n) is 12.9. The molecule has 0 fully saturated rings. The summed E-state index contributed by atoms with van der Waals surface area (Å²) in [5.41, 5.74) is 4.91. The first-order valence-electron chi connectivity index (χ1n) is 7.53. The normalized spacial score (nSPS) is 11.2. The lowest BCUT2D eigenvalue weighted by molar-refractivity contribution is 0.866. The summed E-state index contributed by atoms with van der Waals surface area (Å²) in [6, 6.07) is 19.2. The third-order valence-electron chi connectivity index (χ3n) is 3.68. The number of anilines is 1. The fourth-order valence-electron chi connectivity index (χ4n) is 2.54. The highest BCUT2D eigenvalue weighted by Crippen LogP contribution is 2.25. The molecular weight excluding hydrogens is 254 g/mol. The predicted molar refractivity (Wildman–Crippen MR) is 93.7 cm³/mol. The van der Waals surface area contributed by atoms with Gasteiger partial charge in [0.15, 0.2) is 0 Å². The molecule has 1 nitrogen and oxygen atoms in total. The largest absolute Gasteiger partial charge is 0.372 e. The van der Waals surface area contributed by atoms with Crippen LogP contribution in [0.15, 0.2) is 73.3 Å². The van der Waals surface area contributed by atoms with Gasteiger partial charge in [-0.3, -0.25) is 0 Å². The number of nitrogens with zero attached hydrogens (tertiary/aromatic N) is 1. The van der Waals surface area contributed by atoms with Crippen LogP contribution in [0.25, 0.3) is 5.57 Å². The zero-order valence-corrected chi connectivity index (χ0v) is 12.9. The first kappa shape index (κ1) is 15.1. The average Bonchev–Trinajstić information content (AvgIpc) is 2.55. The lowest BCUT2D eigenvalue weighted by atomic mass is 9.97. The average molecular weight is 277 g/mol. The number of hydrogen-bond donors (Lipinski definition) is 0. The summed E-state index contributed by atoms with van der Waals surface area (Å²) in [7, 11) is 0. The maximum Gasteiger partial charge on any atom is 0.0366 e. The van der Waals surface area contributed by atoms with Crippen molar-refractivity contribution in [1.82, 2.24) is 0 Å². The molecule has 0 aliphatic heterocycles. The van der Waals surface area contributed by atoms with Crippen LogP contribution < -0.4 is 4.90 Å². The third kappa shape index (κ3) is 3.63. The Labute approximate surface area is 128 Å². The second kappa shape index (κ2) is 7.49. The summed E-state index contributed by atoms with van der Waals surface area (Å²) in [5, 5.41) is 0. The van der Waals surface area contributed by atoms with Gasteiger partial charge in [0.2, 0.25) is 0 Å². The Kier molecular flexibility index (Phi) is 5.39. The van der Waals surface area contributed by atoms with E-state index in [0.717, 1.165) is 13.1 Å². The summed E-state index contributed by atoms with van der Waals surface area (Å²) in [5.74, 6) is 0. The summed E-state index contributed by atoms with van der Waals surface area (Å²) in [6.07, 6.45) is 3.92. The molecule has 0 aliphatic carbocycles. The van der Waals surface area contributed by atoms with Crippen LogP contribution in [0.1, 0.15) is 25.0 Å². The molecule has 0 atom stereocenters. The molecule has 2 aromatic carbocycles. The van der Waals surface area contributed by atoms with E-state index in [-0.39, 0.29) is 0 Å². The summed E-state index contributed by atoms with van der Waals surface area (Å²) >= 11 is 0. The molecule has 1 heteroatoms. The van der Waals surface area contributed by atoms with E-state index >= 15 is 0 Å². The van der Waals surface area contributed by atoms with Crippen molar-refractivity contribution in [2.75, 3.05) is 18.0 Å². The molecule has 108 valence electrons. The van der Waals surface area contributed by atoms with Crippen LogP contribution >= 0.6 is 0 Å². The van der Waals surface area contributed by atoms with Gasteiger partial charge in [-0.1, -0.05) is 61.2 Å². The van der Waals surface area contributed by atoms with Gasteiger partial charge < -0.3 is 4.90 Å². The summed E-state index contributed by atoms with van der Waals surface area (Å²) < 4.78 is 0. The Morgan fingerprint density at radius 2 is 1.48 bits per heavy atom. The summed E-state index contributed by atoms with van der Waals surface area (Å²) in [4.78, 5) is 2.35. The van der Waals surface area contributed by atoms with Crippen molar-refractivity contribution in [2.24, 2.45) is 0 Å². The standard InChI is InChI=1S/C20H23N/c1-4-10-20(17-11-8-7-9-12-17)18-13-15-19(16-14-18)21(5-2)6-3/h4,7-16H,1,5-6H2,2-3H3. The highest BCUT2D eigenvalue weighted by atomic mass is 15.1. The molecule has 0 bridgehead atoms. The fraction of sp³-hybridized carbons (Fsp3) is 0.200. The molecule has 0 aromatic heterocycles. The highest BCUT2D eigenvalue weighted by molar-refractivity contribution is 5.81. The van der Waals surface area contributed by atoms with Crippen molar-refractivity contribution in [2.45, 2.75) is 13.8 Å². The molecule has 21 heavy (non-hydrogen) atoms. The number of allylic oxidation sites excluding steroid dienone is 2. The minimum absolute atomic E-state index is 1.03. The molecule has 2 aromatic rings. The van der Waals surface area contributed by atoms with Crippen LogP contribution in [0, 0.1) is 0 Å². The van der Waals surface area contributed by atoms with Crippen LogP contribution in [0.4, 0.5) is 5.69 Å². The second-order valence-corrected chi connectivity index (χ2v) is 4.90. The molecule has 0 amide bonds. The molecule has 0 saturated carbocycles. The topological polar surface area (TPSA) is 3.24 Å². The van der Waals surface area contributed by atoms with Crippen molar-refractivity contribution in [3.63, 3.8) is 0 Å². The summed E-state index contributed by atoms with van der Waals surface area (Å²) in [6.45, 7) is 10.3. The van der Waals surface area contributed by atoms with Gasteiger partial charge in [-0.2, -0.15) is 0 Å². The molecule has 2 rings (SSSR count). The molecule has 0 unspecified atom stereocenters. The van der Waals surface area contributed by atoms with Gasteiger partial charge in [-0.15, -0.1) is 0 Å². The van der Waals surface area contributed by atoms with Crippen LogP contribution in [-0.4, -0.2) is 13.1 Å². The van der Waals surface area contributed by atoms with Gasteiger partial charge in [0.1, 0.15) is 0 Å². The Hall–Kier alpha value is -2.28. The van der Waals surface area contributed by atoms with Gasteiger partial charge in [-0.25, -0.2) is 0 Å². The SMILES string of the molecule is C=CC=C(c1ccccc1)c1ccc(N(CC)CC)cc1. The lowest BCUT2D eigenvalue weighted by Gasteiger charge is -2.21. The fourth-order valence-corrected chi connectivity index (χ4v) is 2.54. The van der Waals surface area contributed by atoms with E-state index in [1.807, 2.05) is 12.1 Å². The molecule has 0 N–H and O–H groups in total. The molecular formula is C20H23N. The van der Waals surface area contributed by atoms with E-state index in [4.69, 9.17) is 0 Å². The zero-order chi connectivity index (χ0) is 15.1. The van der Waals surface area contributed by atoms with E-state index in [1.165, 1.54) is 22.4 Å². The lowest BCUT2D eigenvalue weighted by Crippen LogP contribution is -2.21. The second-order valence-electron chi connectivity index (χ2n) is 4.90. The minimum atomic E-state index is 1.03. The molecule has 0 aliphatic rings. The van der Waals surface area contributed by atoms with E-state index < -0.39 is 0 Å². The van der Waals surface area contributed by atoms with Gasteiger partial charge in [0.05, 0.1) is 0 Å². The monoisotopic (exact) mass is 277 g/mol. The third-order valence-corrected chi connectivity index (χ3v) is 3.68.